The second kappa shape index (κ2) is 9.75. The Balaban J connectivity index is 1.53. The third-order valence-corrected chi connectivity index (χ3v) is 5.29. The van der Waals surface area contributed by atoms with Crippen LogP contribution in [-0.4, -0.2) is 23.9 Å². The molecule has 0 atom stereocenters. The summed E-state index contributed by atoms with van der Waals surface area (Å²) in [4.78, 5) is 26.2. The Labute approximate surface area is 195 Å². The van der Waals surface area contributed by atoms with Crippen LogP contribution in [0.4, 0.5) is 9.18 Å². The highest BCUT2D eigenvalue weighted by atomic mass is 35.5. The molecule has 0 unspecified atom stereocenters. The summed E-state index contributed by atoms with van der Waals surface area (Å²) in [6.45, 7) is 0.336. The number of nitrogens with one attached hydrogen (secondary N) is 1. The van der Waals surface area contributed by atoms with Crippen molar-refractivity contribution in [3.63, 3.8) is 0 Å². The van der Waals surface area contributed by atoms with Crippen LogP contribution in [0.5, 0.6) is 11.5 Å². The van der Waals surface area contributed by atoms with Gasteiger partial charge in [0, 0.05) is 0 Å². The molecule has 1 saturated heterocycles. The van der Waals surface area contributed by atoms with E-state index in [2.05, 4.69) is 5.32 Å². The lowest BCUT2D eigenvalue weighted by Gasteiger charge is -2.14. The van der Waals surface area contributed by atoms with Gasteiger partial charge in [-0.1, -0.05) is 54.1 Å². The summed E-state index contributed by atoms with van der Waals surface area (Å²) >= 11 is 6.41. The van der Waals surface area contributed by atoms with Gasteiger partial charge in [-0.3, -0.25) is 9.69 Å². The Morgan fingerprint density at radius 2 is 1.76 bits per heavy atom. The molecule has 0 spiro atoms. The zero-order chi connectivity index (χ0) is 23.4. The van der Waals surface area contributed by atoms with Crippen LogP contribution in [-0.2, 0) is 17.9 Å². The van der Waals surface area contributed by atoms with Gasteiger partial charge in [0.05, 0.1) is 18.7 Å². The molecule has 0 aromatic heterocycles. The summed E-state index contributed by atoms with van der Waals surface area (Å²) in [5.41, 5.74) is 2.29. The van der Waals surface area contributed by atoms with Crippen LogP contribution < -0.4 is 14.8 Å². The first-order valence-corrected chi connectivity index (χ1v) is 10.5. The van der Waals surface area contributed by atoms with Crippen LogP contribution in [0, 0.1) is 5.82 Å². The fraction of sp³-hybridized carbons (Fsp3) is 0.120. The van der Waals surface area contributed by atoms with Crippen LogP contribution in [0.3, 0.4) is 0 Å². The Morgan fingerprint density at radius 1 is 1.03 bits per heavy atom. The topological polar surface area (TPSA) is 67.9 Å². The lowest BCUT2D eigenvalue weighted by molar-refractivity contribution is -0.123. The Hall–Kier alpha value is -3.84. The van der Waals surface area contributed by atoms with Crippen molar-refractivity contribution in [1.82, 2.24) is 10.2 Å². The molecule has 0 aliphatic carbocycles. The van der Waals surface area contributed by atoms with Gasteiger partial charge in [-0.25, -0.2) is 9.18 Å². The number of rotatable bonds is 7. The monoisotopic (exact) mass is 466 g/mol. The van der Waals surface area contributed by atoms with Gasteiger partial charge in [0.15, 0.2) is 11.5 Å². The van der Waals surface area contributed by atoms with Crippen LogP contribution >= 0.6 is 11.6 Å². The van der Waals surface area contributed by atoms with Crippen molar-refractivity contribution >= 4 is 29.6 Å². The second-order valence-electron chi connectivity index (χ2n) is 7.31. The summed E-state index contributed by atoms with van der Waals surface area (Å²) in [5.74, 6) is -0.0919. The van der Waals surface area contributed by atoms with E-state index in [-0.39, 0.29) is 29.7 Å². The normalized spacial score (nSPS) is 14.5. The summed E-state index contributed by atoms with van der Waals surface area (Å²) in [6, 6.07) is 17.9. The fourth-order valence-electron chi connectivity index (χ4n) is 3.35. The summed E-state index contributed by atoms with van der Waals surface area (Å²) in [6.07, 6.45) is 1.53. The van der Waals surface area contributed by atoms with Crippen molar-refractivity contribution in [1.29, 1.82) is 0 Å². The maximum absolute atomic E-state index is 13.1. The van der Waals surface area contributed by atoms with Gasteiger partial charge in [0.25, 0.3) is 5.91 Å². The molecule has 168 valence electrons. The molecule has 3 aromatic rings. The molecule has 6 nitrogen and oxygen atoms in total. The zero-order valence-corrected chi connectivity index (χ0v) is 18.4. The van der Waals surface area contributed by atoms with Gasteiger partial charge in [0.2, 0.25) is 0 Å². The number of carbonyl (C=O) groups is 2. The largest absolute Gasteiger partial charge is 0.493 e. The van der Waals surface area contributed by atoms with Gasteiger partial charge in [-0.2, -0.15) is 0 Å². The number of urea groups is 1. The number of benzene rings is 3. The van der Waals surface area contributed by atoms with Crippen molar-refractivity contribution in [2.45, 2.75) is 13.2 Å². The van der Waals surface area contributed by atoms with E-state index >= 15 is 0 Å². The first-order chi connectivity index (χ1) is 15.9. The molecule has 1 N–H and O–H groups in total. The molecule has 3 aromatic carbocycles. The van der Waals surface area contributed by atoms with E-state index in [1.807, 2.05) is 30.3 Å². The van der Waals surface area contributed by atoms with Gasteiger partial charge >= 0.3 is 6.03 Å². The third kappa shape index (κ3) is 5.15. The molecule has 1 aliphatic rings. The average molecular weight is 467 g/mol. The molecular formula is C25H20ClFN2O4. The van der Waals surface area contributed by atoms with Crippen molar-refractivity contribution in [3.05, 3.63) is 100.0 Å². The predicted octanol–water partition coefficient (Wildman–Crippen LogP) is 5.16. The van der Waals surface area contributed by atoms with Gasteiger partial charge in [0.1, 0.15) is 18.1 Å². The lowest BCUT2D eigenvalue weighted by Crippen LogP contribution is -2.30. The number of nitrogens with zero attached hydrogens (tertiary/aromatic N) is 1. The predicted molar refractivity (Wildman–Crippen MR) is 122 cm³/mol. The summed E-state index contributed by atoms with van der Waals surface area (Å²) in [5, 5.41) is 2.86. The molecule has 3 amide bonds. The molecular weight excluding hydrogens is 447 g/mol. The molecule has 1 heterocycles. The third-order valence-electron chi connectivity index (χ3n) is 5.01. The minimum atomic E-state index is -0.493. The Morgan fingerprint density at radius 3 is 2.45 bits per heavy atom. The molecule has 8 heteroatoms. The van der Waals surface area contributed by atoms with E-state index in [9.17, 15) is 14.0 Å². The maximum atomic E-state index is 13.1. The van der Waals surface area contributed by atoms with Crippen molar-refractivity contribution in [2.75, 3.05) is 7.11 Å². The van der Waals surface area contributed by atoms with Crippen molar-refractivity contribution < 1.29 is 23.5 Å². The average Bonchev–Trinajstić information content (AvgIpc) is 3.07. The van der Waals surface area contributed by atoms with E-state index in [1.54, 1.807) is 24.3 Å². The number of carbonyl (C=O) groups excluding carboxylic acids is 2. The highest BCUT2D eigenvalue weighted by molar-refractivity contribution is 6.32. The smallest absolute Gasteiger partial charge is 0.329 e. The van der Waals surface area contributed by atoms with Crippen molar-refractivity contribution in [3.8, 4) is 11.5 Å². The number of hydrogen-bond acceptors (Lipinski definition) is 4. The van der Waals surface area contributed by atoms with Gasteiger partial charge < -0.3 is 14.8 Å². The number of methoxy groups -OCH3 is 1. The maximum Gasteiger partial charge on any atom is 0.329 e. The molecule has 0 radical (unpaired) electrons. The first-order valence-electron chi connectivity index (χ1n) is 10.1. The number of halogens is 2. The fourth-order valence-corrected chi connectivity index (χ4v) is 3.62. The zero-order valence-electron chi connectivity index (χ0n) is 17.7. The van der Waals surface area contributed by atoms with E-state index in [4.69, 9.17) is 21.1 Å². The van der Waals surface area contributed by atoms with E-state index in [0.29, 0.717) is 17.1 Å². The highest BCUT2D eigenvalue weighted by Crippen LogP contribution is 2.37. The van der Waals surface area contributed by atoms with Crippen LogP contribution in [0.1, 0.15) is 16.7 Å². The number of hydrogen-bond donors (Lipinski definition) is 1. The standard InChI is InChI=1S/C25H20ClFN2O4/c1-32-22-13-18(11-20(26)23(22)33-15-17-7-9-19(27)10-8-17)12-21-24(30)29(25(31)28-21)14-16-5-3-2-4-6-16/h2-13H,14-15H2,1H3,(H,28,31)/b21-12+. The first kappa shape index (κ1) is 22.4. The number of ether oxygens (including phenoxy) is 2. The van der Waals surface area contributed by atoms with Crippen LogP contribution in [0.15, 0.2) is 72.4 Å². The number of imide groups is 1. The van der Waals surface area contributed by atoms with Crippen LogP contribution in [0.2, 0.25) is 5.02 Å². The highest BCUT2D eigenvalue weighted by Gasteiger charge is 2.33. The lowest BCUT2D eigenvalue weighted by atomic mass is 10.1. The van der Waals surface area contributed by atoms with Crippen molar-refractivity contribution in [2.24, 2.45) is 0 Å². The second-order valence-corrected chi connectivity index (χ2v) is 7.72. The SMILES string of the molecule is COc1cc(/C=C2/NC(=O)N(Cc3ccccc3)C2=O)cc(Cl)c1OCc1ccc(F)cc1. The summed E-state index contributed by atoms with van der Waals surface area (Å²) in [7, 11) is 1.47. The molecule has 0 saturated carbocycles. The molecule has 33 heavy (non-hydrogen) atoms. The van der Waals surface area contributed by atoms with Crippen LogP contribution in [0.25, 0.3) is 6.08 Å². The molecule has 1 fully saturated rings. The van der Waals surface area contributed by atoms with E-state index in [1.165, 1.54) is 25.3 Å². The molecule has 4 rings (SSSR count). The minimum Gasteiger partial charge on any atom is -0.493 e. The van der Waals surface area contributed by atoms with Gasteiger partial charge in [-0.05, 0) is 47.0 Å². The number of amides is 3. The minimum absolute atomic E-state index is 0.133. The Bertz CT molecular complexity index is 1210. The quantitative estimate of drug-likeness (QED) is 0.386. The van der Waals surface area contributed by atoms with Gasteiger partial charge in [-0.15, -0.1) is 0 Å². The van der Waals surface area contributed by atoms with E-state index in [0.717, 1.165) is 16.0 Å². The molecule has 1 aliphatic heterocycles. The Kier molecular flexibility index (Phi) is 6.60. The molecule has 0 bridgehead atoms. The summed E-state index contributed by atoms with van der Waals surface area (Å²) < 4.78 is 24.3. The van der Waals surface area contributed by atoms with E-state index < -0.39 is 11.9 Å².